The maximum atomic E-state index is 10.0. The molecule has 0 spiro atoms. The van der Waals surface area contributed by atoms with Crippen LogP contribution in [0.1, 0.15) is 31.2 Å². The number of hydrogen-bond donors (Lipinski definition) is 2. The Morgan fingerprint density at radius 1 is 1.29 bits per heavy atom. The molecule has 1 heterocycles. The summed E-state index contributed by atoms with van der Waals surface area (Å²) in [5.74, 6) is 0.632. The van der Waals surface area contributed by atoms with Crippen molar-refractivity contribution in [3.05, 3.63) is 34.9 Å². The van der Waals surface area contributed by atoms with Gasteiger partial charge in [-0.15, -0.1) is 0 Å². The number of pyridine rings is 1. The summed E-state index contributed by atoms with van der Waals surface area (Å²) in [5, 5.41) is 23.9. The summed E-state index contributed by atoms with van der Waals surface area (Å²) in [7, 11) is 0. The average molecular weight is 302 g/mol. The lowest BCUT2D eigenvalue weighted by Gasteiger charge is -2.28. The van der Waals surface area contributed by atoms with E-state index in [9.17, 15) is 10.4 Å². The third kappa shape index (κ3) is 2.94. The number of rotatable bonds is 2. The van der Waals surface area contributed by atoms with Crippen LogP contribution in [0.25, 0.3) is 10.9 Å². The fourth-order valence-corrected chi connectivity index (χ4v) is 3.01. The largest absolute Gasteiger partial charge is 0.391 e. The number of halogens is 1. The molecule has 3 rings (SSSR count). The number of aromatic nitrogens is 1. The van der Waals surface area contributed by atoms with Crippen LogP contribution in [0.2, 0.25) is 5.02 Å². The first kappa shape index (κ1) is 14.1. The molecule has 1 aliphatic carbocycles. The number of benzene rings is 1. The topological polar surface area (TPSA) is 68.9 Å². The predicted octanol–water partition coefficient (Wildman–Crippen LogP) is 3.48. The van der Waals surface area contributed by atoms with E-state index in [1.807, 2.05) is 0 Å². The molecule has 5 heteroatoms. The molecule has 2 N–H and O–H groups in total. The van der Waals surface area contributed by atoms with Gasteiger partial charge in [-0.1, -0.05) is 24.4 Å². The number of anilines is 1. The molecule has 0 bridgehead atoms. The van der Waals surface area contributed by atoms with Crippen LogP contribution in [0.4, 0.5) is 5.82 Å². The van der Waals surface area contributed by atoms with Crippen LogP contribution in [0.5, 0.6) is 0 Å². The van der Waals surface area contributed by atoms with Crippen molar-refractivity contribution in [3.63, 3.8) is 0 Å². The Balaban J connectivity index is 1.96. The van der Waals surface area contributed by atoms with Gasteiger partial charge in [-0.25, -0.2) is 4.98 Å². The highest BCUT2D eigenvalue weighted by atomic mass is 35.5. The third-order valence-electron chi connectivity index (χ3n) is 3.95. The van der Waals surface area contributed by atoms with Crippen LogP contribution < -0.4 is 5.32 Å². The summed E-state index contributed by atoms with van der Waals surface area (Å²) in [6.45, 7) is 0. The summed E-state index contributed by atoms with van der Waals surface area (Å²) < 4.78 is 0. The SMILES string of the molecule is N#Cc1cc(N[C@H]2CCCC[C@@H]2O)nc2ccc(Cl)cc12. The molecule has 1 saturated carbocycles. The summed E-state index contributed by atoms with van der Waals surface area (Å²) in [4.78, 5) is 4.52. The minimum Gasteiger partial charge on any atom is -0.391 e. The zero-order chi connectivity index (χ0) is 14.8. The van der Waals surface area contributed by atoms with Crippen LogP contribution in [-0.2, 0) is 0 Å². The Morgan fingerprint density at radius 2 is 2.10 bits per heavy atom. The van der Waals surface area contributed by atoms with Gasteiger partial charge in [-0.2, -0.15) is 5.26 Å². The molecule has 2 aromatic rings. The zero-order valence-electron chi connectivity index (χ0n) is 11.5. The Labute approximate surface area is 128 Å². The highest BCUT2D eigenvalue weighted by molar-refractivity contribution is 6.31. The van der Waals surface area contributed by atoms with Gasteiger partial charge in [0.2, 0.25) is 0 Å². The number of fused-ring (bicyclic) bond motifs is 1. The first-order chi connectivity index (χ1) is 10.2. The van der Waals surface area contributed by atoms with Gasteiger partial charge >= 0.3 is 0 Å². The normalized spacial score (nSPS) is 22.0. The molecule has 108 valence electrons. The van der Waals surface area contributed by atoms with Gasteiger partial charge in [0.05, 0.1) is 29.3 Å². The summed E-state index contributed by atoms with van der Waals surface area (Å²) in [6, 6.07) is 9.23. The van der Waals surface area contributed by atoms with Gasteiger partial charge in [0.1, 0.15) is 5.82 Å². The lowest BCUT2D eigenvalue weighted by molar-refractivity contribution is 0.116. The molecule has 1 aliphatic rings. The number of nitrogens with zero attached hydrogens (tertiary/aromatic N) is 2. The van der Waals surface area contributed by atoms with Crippen LogP contribution in [0.15, 0.2) is 24.3 Å². The molecule has 0 radical (unpaired) electrons. The van der Waals surface area contributed by atoms with Gasteiger partial charge in [0.25, 0.3) is 0 Å². The van der Waals surface area contributed by atoms with E-state index in [0.717, 1.165) is 36.6 Å². The Morgan fingerprint density at radius 3 is 2.86 bits per heavy atom. The monoisotopic (exact) mass is 301 g/mol. The van der Waals surface area contributed by atoms with Crippen molar-refractivity contribution < 1.29 is 5.11 Å². The summed E-state index contributed by atoms with van der Waals surface area (Å²) in [6.07, 6.45) is 3.54. The smallest absolute Gasteiger partial charge is 0.128 e. The lowest BCUT2D eigenvalue weighted by atomic mass is 9.92. The van der Waals surface area contributed by atoms with E-state index in [1.165, 1.54) is 0 Å². The highest BCUT2D eigenvalue weighted by Crippen LogP contribution is 2.26. The molecule has 4 nitrogen and oxygen atoms in total. The maximum Gasteiger partial charge on any atom is 0.128 e. The van der Waals surface area contributed by atoms with E-state index >= 15 is 0 Å². The predicted molar refractivity (Wildman–Crippen MR) is 83.4 cm³/mol. The minimum absolute atomic E-state index is 0.00235. The molecule has 0 saturated heterocycles. The van der Waals surface area contributed by atoms with Crippen molar-refractivity contribution in [2.45, 2.75) is 37.8 Å². The molecular formula is C16H16ClN3O. The quantitative estimate of drug-likeness (QED) is 0.891. The van der Waals surface area contributed by atoms with Gasteiger partial charge in [-0.3, -0.25) is 0 Å². The average Bonchev–Trinajstić information content (AvgIpc) is 2.49. The summed E-state index contributed by atoms with van der Waals surface area (Å²) >= 11 is 5.98. The van der Waals surface area contributed by atoms with E-state index in [4.69, 9.17) is 11.6 Å². The second-order valence-corrected chi connectivity index (χ2v) is 5.87. The van der Waals surface area contributed by atoms with Crippen molar-refractivity contribution in [2.24, 2.45) is 0 Å². The standard InChI is InChI=1S/C16H16ClN3O/c17-11-5-6-13-12(8-11)10(9-18)7-16(19-13)20-14-3-1-2-4-15(14)21/h5-8,14-15,21H,1-4H2,(H,19,20)/t14-,15-/m0/s1. The first-order valence-electron chi connectivity index (χ1n) is 7.12. The lowest BCUT2D eigenvalue weighted by Crippen LogP contribution is -2.36. The van der Waals surface area contributed by atoms with Gasteiger partial charge in [0.15, 0.2) is 0 Å². The number of hydrogen-bond acceptors (Lipinski definition) is 4. The molecule has 2 atom stereocenters. The van der Waals surface area contributed by atoms with E-state index in [0.29, 0.717) is 16.4 Å². The van der Waals surface area contributed by atoms with Crippen LogP contribution in [-0.4, -0.2) is 22.2 Å². The van der Waals surface area contributed by atoms with E-state index in [1.54, 1.807) is 24.3 Å². The molecule has 21 heavy (non-hydrogen) atoms. The van der Waals surface area contributed by atoms with Crippen molar-refractivity contribution in [1.29, 1.82) is 5.26 Å². The van der Waals surface area contributed by atoms with Gasteiger partial charge in [0, 0.05) is 10.4 Å². The summed E-state index contributed by atoms with van der Waals surface area (Å²) in [5.41, 5.74) is 1.27. The number of aliphatic hydroxyl groups excluding tert-OH is 1. The van der Waals surface area contributed by atoms with Crippen molar-refractivity contribution in [3.8, 4) is 6.07 Å². The fourth-order valence-electron chi connectivity index (χ4n) is 2.83. The number of nitriles is 1. The molecule has 1 fully saturated rings. The van der Waals surface area contributed by atoms with Crippen LogP contribution >= 0.6 is 11.6 Å². The van der Waals surface area contributed by atoms with Crippen molar-refractivity contribution in [2.75, 3.05) is 5.32 Å². The fraction of sp³-hybridized carbons (Fsp3) is 0.375. The van der Waals surface area contributed by atoms with E-state index < -0.39 is 0 Å². The number of aliphatic hydroxyl groups is 1. The second-order valence-electron chi connectivity index (χ2n) is 5.43. The molecule has 1 aromatic heterocycles. The Bertz CT molecular complexity index is 710. The van der Waals surface area contributed by atoms with E-state index in [-0.39, 0.29) is 12.1 Å². The molecule has 0 amide bonds. The Kier molecular flexibility index (Phi) is 3.96. The van der Waals surface area contributed by atoms with Gasteiger partial charge < -0.3 is 10.4 Å². The van der Waals surface area contributed by atoms with Crippen LogP contribution in [0, 0.1) is 11.3 Å². The maximum absolute atomic E-state index is 10.0. The van der Waals surface area contributed by atoms with E-state index in [2.05, 4.69) is 16.4 Å². The van der Waals surface area contributed by atoms with Crippen molar-refractivity contribution in [1.82, 2.24) is 4.98 Å². The van der Waals surface area contributed by atoms with Crippen molar-refractivity contribution >= 4 is 28.3 Å². The minimum atomic E-state index is -0.355. The van der Waals surface area contributed by atoms with Gasteiger partial charge in [-0.05, 0) is 37.1 Å². The molecule has 0 aliphatic heterocycles. The number of nitrogens with one attached hydrogen (secondary N) is 1. The molecule has 0 unspecified atom stereocenters. The third-order valence-corrected chi connectivity index (χ3v) is 4.19. The first-order valence-corrected chi connectivity index (χ1v) is 7.50. The Hall–Kier alpha value is -1.83. The highest BCUT2D eigenvalue weighted by Gasteiger charge is 2.23. The zero-order valence-corrected chi connectivity index (χ0v) is 12.3. The molecule has 1 aromatic carbocycles. The second kappa shape index (κ2) is 5.88. The van der Waals surface area contributed by atoms with Crippen LogP contribution in [0.3, 0.4) is 0 Å². The molecular weight excluding hydrogens is 286 g/mol.